The highest BCUT2D eigenvalue weighted by molar-refractivity contribution is 6.18. The first kappa shape index (κ1) is 12.4. The number of halogens is 1. The van der Waals surface area contributed by atoms with Crippen molar-refractivity contribution in [1.29, 1.82) is 0 Å². The highest BCUT2D eigenvalue weighted by Gasteiger charge is 2.31. The fraction of sp³-hybridized carbons (Fsp3) is 0.667. The van der Waals surface area contributed by atoms with E-state index in [0.29, 0.717) is 18.0 Å². The van der Waals surface area contributed by atoms with Crippen LogP contribution in [0.15, 0.2) is 12.4 Å². The Balaban J connectivity index is 1.89. The third-order valence-electron chi connectivity index (χ3n) is 3.58. The largest absolute Gasteiger partial charge is 0.351 e. The number of H-pyrrole nitrogens is 1. The molecule has 0 spiro atoms. The Morgan fingerprint density at radius 1 is 1.47 bits per heavy atom. The molecule has 1 saturated carbocycles. The summed E-state index contributed by atoms with van der Waals surface area (Å²) in [7, 11) is 0. The monoisotopic (exact) mass is 255 g/mol. The minimum atomic E-state index is -0.0752. The van der Waals surface area contributed by atoms with Gasteiger partial charge in [-0.25, -0.2) is 0 Å². The van der Waals surface area contributed by atoms with Gasteiger partial charge < -0.3 is 5.32 Å². The van der Waals surface area contributed by atoms with Crippen molar-refractivity contribution in [2.75, 3.05) is 12.4 Å². The number of hydrogen-bond donors (Lipinski definition) is 2. The third kappa shape index (κ3) is 3.00. The Labute approximate surface area is 106 Å². The molecule has 4 nitrogen and oxygen atoms in total. The van der Waals surface area contributed by atoms with Crippen LogP contribution in [0.1, 0.15) is 42.5 Å². The maximum absolute atomic E-state index is 11.8. The molecule has 94 valence electrons. The van der Waals surface area contributed by atoms with Crippen LogP contribution in [0.3, 0.4) is 0 Å². The van der Waals surface area contributed by atoms with Gasteiger partial charge in [-0.05, 0) is 12.8 Å². The molecule has 1 fully saturated rings. The summed E-state index contributed by atoms with van der Waals surface area (Å²) in [5.41, 5.74) is 0.671. The molecule has 1 aromatic rings. The number of alkyl halides is 1. The van der Waals surface area contributed by atoms with Gasteiger partial charge in [0.2, 0.25) is 0 Å². The minimum absolute atomic E-state index is 0.0752. The first-order chi connectivity index (χ1) is 8.26. The van der Waals surface area contributed by atoms with Crippen LogP contribution in [-0.4, -0.2) is 28.5 Å². The maximum Gasteiger partial charge on any atom is 0.254 e. The molecular weight excluding hydrogens is 238 g/mol. The number of rotatable bonds is 4. The molecule has 1 aromatic heterocycles. The standard InChI is InChI=1S/C12H18ClN3O/c13-8-12(4-2-1-3-5-12)9-14-11(17)10-6-15-16-7-10/h6-7H,1-5,8-9H2,(H,14,17)(H,15,16). The van der Waals surface area contributed by atoms with Crippen LogP contribution in [0.5, 0.6) is 0 Å². The molecule has 0 aromatic carbocycles. The van der Waals surface area contributed by atoms with Gasteiger partial charge in [0.1, 0.15) is 0 Å². The summed E-state index contributed by atoms with van der Waals surface area (Å²) in [4.78, 5) is 11.8. The second-order valence-electron chi connectivity index (χ2n) is 4.86. The summed E-state index contributed by atoms with van der Waals surface area (Å²) >= 11 is 6.08. The molecule has 0 radical (unpaired) electrons. The Kier molecular flexibility index (Phi) is 4.05. The molecule has 1 aliphatic carbocycles. The van der Waals surface area contributed by atoms with Crippen molar-refractivity contribution in [3.05, 3.63) is 18.0 Å². The van der Waals surface area contributed by atoms with E-state index in [0.717, 1.165) is 12.8 Å². The van der Waals surface area contributed by atoms with Gasteiger partial charge in [0, 0.05) is 24.0 Å². The van der Waals surface area contributed by atoms with Gasteiger partial charge in [-0.3, -0.25) is 9.89 Å². The zero-order valence-corrected chi connectivity index (χ0v) is 10.6. The number of carbonyl (C=O) groups excluding carboxylic acids is 1. The van der Waals surface area contributed by atoms with Gasteiger partial charge in [-0.1, -0.05) is 19.3 Å². The Hall–Kier alpha value is -1.03. The van der Waals surface area contributed by atoms with E-state index in [1.54, 1.807) is 6.20 Å². The van der Waals surface area contributed by atoms with Crippen molar-refractivity contribution in [2.45, 2.75) is 32.1 Å². The number of aromatic amines is 1. The van der Waals surface area contributed by atoms with E-state index in [2.05, 4.69) is 15.5 Å². The molecule has 0 atom stereocenters. The second-order valence-corrected chi connectivity index (χ2v) is 5.13. The van der Waals surface area contributed by atoms with E-state index in [1.807, 2.05) is 0 Å². The molecule has 5 heteroatoms. The smallest absolute Gasteiger partial charge is 0.254 e. The van der Waals surface area contributed by atoms with Gasteiger partial charge in [0.25, 0.3) is 5.91 Å². The van der Waals surface area contributed by atoms with Crippen LogP contribution in [0.4, 0.5) is 0 Å². The van der Waals surface area contributed by atoms with Crippen molar-refractivity contribution in [3.8, 4) is 0 Å². The average Bonchev–Trinajstić information content (AvgIpc) is 2.91. The van der Waals surface area contributed by atoms with Crippen LogP contribution in [0.25, 0.3) is 0 Å². The fourth-order valence-electron chi connectivity index (χ4n) is 2.40. The SMILES string of the molecule is O=C(NCC1(CCl)CCCCC1)c1cn[nH]c1. The van der Waals surface area contributed by atoms with Crippen molar-refractivity contribution in [1.82, 2.24) is 15.5 Å². The quantitative estimate of drug-likeness (QED) is 0.812. The van der Waals surface area contributed by atoms with Crippen molar-refractivity contribution in [2.24, 2.45) is 5.41 Å². The van der Waals surface area contributed by atoms with Gasteiger partial charge in [-0.2, -0.15) is 5.10 Å². The number of carbonyl (C=O) groups is 1. The predicted molar refractivity (Wildman–Crippen MR) is 67.2 cm³/mol. The lowest BCUT2D eigenvalue weighted by Crippen LogP contribution is -2.40. The number of nitrogens with one attached hydrogen (secondary N) is 2. The van der Waals surface area contributed by atoms with E-state index in [4.69, 9.17) is 11.6 Å². The molecule has 1 amide bonds. The number of hydrogen-bond acceptors (Lipinski definition) is 2. The minimum Gasteiger partial charge on any atom is -0.351 e. The third-order valence-corrected chi connectivity index (χ3v) is 4.15. The van der Waals surface area contributed by atoms with E-state index < -0.39 is 0 Å². The molecule has 0 unspecified atom stereocenters. The lowest BCUT2D eigenvalue weighted by Gasteiger charge is -2.35. The molecule has 0 aliphatic heterocycles. The van der Waals surface area contributed by atoms with Gasteiger partial charge >= 0.3 is 0 Å². The lowest BCUT2D eigenvalue weighted by molar-refractivity contribution is 0.0921. The summed E-state index contributed by atoms with van der Waals surface area (Å²) in [6, 6.07) is 0. The normalized spacial score (nSPS) is 18.9. The number of aromatic nitrogens is 2. The van der Waals surface area contributed by atoms with Crippen LogP contribution in [-0.2, 0) is 0 Å². The summed E-state index contributed by atoms with van der Waals surface area (Å²) in [5.74, 6) is 0.549. The maximum atomic E-state index is 11.8. The van der Waals surface area contributed by atoms with Gasteiger partial charge in [0.15, 0.2) is 0 Å². The van der Waals surface area contributed by atoms with Gasteiger partial charge in [-0.15, -0.1) is 11.6 Å². The molecule has 0 bridgehead atoms. The van der Waals surface area contributed by atoms with Gasteiger partial charge in [0.05, 0.1) is 11.8 Å². The lowest BCUT2D eigenvalue weighted by atomic mass is 9.75. The fourth-order valence-corrected chi connectivity index (χ4v) is 2.77. The first-order valence-corrected chi connectivity index (χ1v) is 6.62. The van der Waals surface area contributed by atoms with Crippen molar-refractivity contribution in [3.63, 3.8) is 0 Å². The molecule has 2 rings (SSSR count). The van der Waals surface area contributed by atoms with Crippen LogP contribution >= 0.6 is 11.6 Å². The second kappa shape index (κ2) is 5.54. The molecule has 17 heavy (non-hydrogen) atoms. The topological polar surface area (TPSA) is 57.8 Å². The van der Waals surface area contributed by atoms with Crippen LogP contribution < -0.4 is 5.32 Å². The van der Waals surface area contributed by atoms with Crippen molar-refractivity contribution >= 4 is 17.5 Å². The van der Waals surface area contributed by atoms with E-state index in [1.165, 1.54) is 25.5 Å². The van der Waals surface area contributed by atoms with Crippen LogP contribution in [0, 0.1) is 5.41 Å². The predicted octanol–water partition coefficient (Wildman–Crippen LogP) is 2.33. The first-order valence-electron chi connectivity index (χ1n) is 6.09. The van der Waals surface area contributed by atoms with E-state index in [-0.39, 0.29) is 11.3 Å². The summed E-state index contributed by atoms with van der Waals surface area (Å²) < 4.78 is 0. The van der Waals surface area contributed by atoms with Crippen LogP contribution in [0.2, 0.25) is 0 Å². The average molecular weight is 256 g/mol. The number of nitrogens with zero attached hydrogens (tertiary/aromatic N) is 1. The molecule has 1 aliphatic rings. The summed E-state index contributed by atoms with van der Waals surface area (Å²) in [5, 5.41) is 9.36. The molecular formula is C12H18ClN3O. The zero-order chi connectivity index (χ0) is 12.1. The molecule has 0 saturated heterocycles. The highest BCUT2D eigenvalue weighted by Crippen LogP contribution is 2.36. The Morgan fingerprint density at radius 3 is 2.82 bits per heavy atom. The molecule has 1 heterocycles. The van der Waals surface area contributed by atoms with Crippen molar-refractivity contribution < 1.29 is 4.79 Å². The zero-order valence-electron chi connectivity index (χ0n) is 9.84. The summed E-state index contributed by atoms with van der Waals surface area (Å²) in [6.07, 6.45) is 9.08. The Bertz CT molecular complexity index is 358. The van der Waals surface area contributed by atoms with E-state index in [9.17, 15) is 4.79 Å². The summed E-state index contributed by atoms with van der Waals surface area (Å²) in [6.45, 7) is 0.667. The molecule has 2 N–H and O–H groups in total. The Morgan fingerprint density at radius 2 is 2.24 bits per heavy atom. The number of amides is 1. The van der Waals surface area contributed by atoms with E-state index >= 15 is 0 Å². The highest BCUT2D eigenvalue weighted by atomic mass is 35.5.